The van der Waals surface area contributed by atoms with Crippen LogP contribution in [0.1, 0.15) is 54.9 Å². The van der Waals surface area contributed by atoms with E-state index in [1.54, 1.807) is 18.2 Å². The third-order valence-electron chi connectivity index (χ3n) is 6.01. The molecule has 1 fully saturated rings. The number of benzene rings is 2. The number of nitrogens with zero attached hydrogens (tertiary/aromatic N) is 1. The number of rotatable bonds is 7. The molecule has 1 N–H and O–H groups in total. The van der Waals surface area contributed by atoms with Crippen molar-refractivity contribution >= 4 is 17.4 Å². The van der Waals surface area contributed by atoms with Gasteiger partial charge in [-0.2, -0.15) is 0 Å². The molecule has 2 aliphatic rings. The van der Waals surface area contributed by atoms with Gasteiger partial charge in [0.05, 0.1) is 0 Å². The Balaban J connectivity index is 1.25. The fourth-order valence-corrected chi connectivity index (χ4v) is 4.13. The Morgan fingerprint density at radius 3 is 2.55 bits per heavy atom. The van der Waals surface area contributed by atoms with E-state index >= 15 is 0 Å². The highest BCUT2D eigenvalue weighted by atomic mass is 16.6. The van der Waals surface area contributed by atoms with Crippen molar-refractivity contribution in [3.8, 4) is 11.5 Å². The van der Waals surface area contributed by atoms with Gasteiger partial charge in [0, 0.05) is 36.7 Å². The quantitative estimate of drug-likeness (QED) is 0.669. The van der Waals surface area contributed by atoms with E-state index in [1.807, 2.05) is 12.1 Å². The summed E-state index contributed by atoms with van der Waals surface area (Å²) in [5, 5.41) is 2.89. The second-order valence-corrected chi connectivity index (χ2v) is 8.34. The number of carbonyl (C=O) groups excluding carboxylic acids is 2. The fraction of sp³-hybridized carbons (Fsp3) is 0.440. The zero-order valence-electron chi connectivity index (χ0n) is 18.1. The molecule has 0 spiro atoms. The van der Waals surface area contributed by atoms with Crippen molar-refractivity contribution in [2.24, 2.45) is 0 Å². The van der Waals surface area contributed by atoms with Crippen molar-refractivity contribution in [2.45, 2.75) is 51.6 Å². The van der Waals surface area contributed by atoms with E-state index in [0.717, 1.165) is 18.8 Å². The van der Waals surface area contributed by atoms with Crippen molar-refractivity contribution in [3.05, 3.63) is 53.6 Å². The molecular weight excluding hydrogens is 392 g/mol. The smallest absolute Gasteiger partial charge is 0.224 e. The predicted molar refractivity (Wildman–Crippen MR) is 120 cm³/mol. The van der Waals surface area contributed by atoms with Crippen LogP contribution in [-0.2, 0) is 11.3 Å². The molecule has 2 heterocycles. The summed E-state index contributed by atoms with van der Waals surface area (Å²) in [6.07, 6.45) is 4.14. The van der Waals surface area contributed by atoms with Gasteiger partial charge in [-0.15, -0.1) is 0 Å². The van der Waals surface area contributed by atoms with Crippen LogP contribution in [0.2, 0.25) is 0 Å². The van der Waals surface area contributed by atoms with E-state index in [9.17, 15) is 9.59 Å². The molecule has 0 bridgehead atoms. The largest absolute Gasteiger partial charge is 0.486 e. The SMILES string of the molecule is CC1CCCCN1Cc1ccc(NC(=O)CCC(=O)c2ccc3c(c2)OCCO3)cc1. The van der Waals surface area contributed by atoms with Crippen LogP contribution < -0.4 is 14.8 Å². The van der Waals surface area contributed by atoms with Crippen LogP contribution in [0.25, 0.3) is 0 Å². The predicted octanol–water partition coefficient (Wildman–Crippen LogP) is 4.43. The van der Waals surface area contributed by atoms with Gasteiger partial charge in [0.1, 0.15) is 13.2 Å². The first-order valence-corrected chi connectivity index (χ1v) is 11.1. The molecule has 0 aliphatic carbocycles. The summed E-state index contributed by atoms with van der Waals surface area (Å²) in [6, 6.07) is 13.8. The van der Waals surface area contributed by atoms with Gasteiger partial charge in [-0.1, -0.05) is 18.6 Å². The molecule has 0 radical (unpaired) electrons. The van der Waals surface area contributed by atoms with Crippen molar-refractivity contribution in [3.63, 3.8) is 0 Å². The Kier molecular flexibility index (Phi) is 6.87. The highest BCUT2D eigenvalue weighted by Crippen LogP contribution is 2.31. The normalized spacial score (nSPS) is 18.4. The number of nitrogens with one attached hydrogen (secondary N) is 1. The van der Waals surface area contributed by atoms with Crippen molar-refractivity contribution in [1.82, 2.24) is 4.90 Å². The van der Waals surface area contributed by atoms with Gasteiger partial charge in [-0.05, 0) is 62.2 Å². The number of carbonyl (C=O) groups is 2. The molecule has 1 saturated heterocycles. The van der Waals surface area contributed by atoms with Gasteiger partial charge in [-0.25, -0.2) is 0 Å². The molecule has 1 unspecified atom stereocenters. The highest BCUT2D eigenvalue weighted by molar-refractivity contribution is 6.00. The molecule has 2 aromatic carbocycles. The molecule has 2 aromatic rings. The first-order chi connectivity index (χ1) is 15.1. The number of amides is 1. The first-order valence-electron chi connectivity index (χ1n) is 11.1. The van der Waals surface area contributed by atoms with Crippen molar-refractivity contribution in [1.29, 1.82) is 0 Å². The van der Waals surface area contributed by atoms with Crippen LogP contribution in [0.3, 0.4) is 0 Å². The maximum atomic E-state index is 12.5. The minimum atomic E-state index is -0.164. The fourth-order valence-electron chi connectivity index (χ4n) is 4.13. The maximum Gasteiger partial charge on any atom is 0.224 e. The summed E-state index contributed by atoms with van der Waals surface area (Å²) in [7, 11) is 0. The second kappa shape index (κ2) is 9.96. The zero-order chi connectivity index (χ0) is 21.6. The lowest BCUT2D eigenvalue weighted by Gasteiger charge is -2.33. The molecule has 4 rings (SSSR count). The Morgan fingerprint density at radius 2 is 1.77 bits per heavy atom. The monoisotopic (exact) mass is 422 g/mol. The lowest BCUT2D eigenvalue weighted by Crippen LogP contribution is -2.36. The molecule has 6 nitrogen and oxygen atoms in total. The van der Waals surface area contributed by atoms with Gasteiger partial charge in [0.15, 0.2) is 17.3 Å². The lowest BCUT2D eigenvalue weighted by molar-refractivity contribution is -0.116. The topological polar surface area (TPSA) is 67.9 Å². The number of anilines is 1. The number of piperidine rings is 1. The van der Waals surface area contributed by atoms with Crippen LogP contribution in [0.5, 0.6) is 11.5 Å². The third-order valence-corrected chi connectivity index (χ3v) is 6.01. The van der Waals surface area contributed by atoms with Crippen molar-refractivity contribution < 1.29 is 19.1 Å². The van der Waals surface area contributed by atoms with Crippen LogP contribution in [0.4, 0.5) is 5.69 Å². The van der Waals surface area contributed by atoms with E-state index in [4.69, 9.17) is 9.47 Å². The lowest BCUT2D eigenvalue weighted by atomic mass is 10.0. The Morgan fingerprint density at radius 1 is 1.00 bits per heavy atom. The average molecular weight is 423 g/mol. The summed E-state index contributed by atoms with van der Waals surface area (Å²) in [5.74, 6) is 0.987. The van der Waals surface area contributed by atoms with Gasteiger partial charge in [-0.3, -0.25) is 14.5 Å². The number of ether oxygens (including phenoxy) is 2. The molecule has 0 saturated carbocycles. The minimum absolute atomic E-state index is 0.0851. The number of likely N-dealkylation sites (tertiary alicyclic amines) is 1. The van der Waals surface area contributed by atoms with E-state index in [2.05, 4.69) is 29.3 Å². The number of fused-ring (bicyclic) bond motifs is 1. The van der Waals surface area contributed by atoms with Gasteiger partial charge >= 0.3 is 0 Å². The van der Waals surface area contributed by atoms with Crippen LogP contribution in [0.15, 0.2) is 42.5 Å². The molecule has 1 atom stereocenters. The molecule has 31 heavy (non-hydrogen) atoms. The summed E-state index contributed by atoms with van der Waals surface area (Å²) in [6.45, 7) is 5.37. The zero-order valence-corrected chi connectivity index (χ0v) is 18.1. The molecule has 1 amide bonds. The van der Waals surface area contributed by atoms with E-state index in [1.165, 1.54) is 24.8 Å². The Hall–Kier alpha value is -2.86. The summed E-state index contributed by atoms with van der Waals surface area (Å²) >= 11 is 0. The minimum Gasteiger partial charge on any atom is -0.486 e. The summed E-state index contributed by atoms with van der Waals surface area (Å²) in [5.41, 5.74) is 2.54. The van der Waals surface area contributed by atoms with Gasteiger partial charge in [0.2, 0.25) is 5.91 Å². The molecule has 0 aromatic heterocycles. The van der Waals surface area contributed by atoms with E-state index < -0.39 is 0 Å². The number of ketones is 1. The number of hydrogen-bond acceptors (Lipinski definition) is 5. The summed E-state index contributed by atoms with van der Waals surface area (Å²) < 4.78 is 11.0. The summed E-state index contributed by atoms with van der Waals surface area (Å²) in [4.78, 5) is 27.3. The number of hydrogen-bond donors (Lipinski definition) is 1. The average Bonchev–Trinajstić information content (AvgIpc) is 2.80. The maximum absolute atomic E-state index is 12.5. The van der Waals surface area contributed by atoms with Gasteiger partial charge < -0.3 is 14.8 Å². The van der Waals surface area contributed by atoms with Crippen molar-refractivity contribution in [2.75, 3.05) is 25.1 Å². The third kappa shape index (κ3) is 5.64. The van der Waals surface area contributed by atoms with E-state index in [-0.39, 0.29) is 24.5 Å². The van der Waals surface area contributed by atoms with E-state index in [0.29, 0.717) is 36.3 Å². The van der Waals surface area contributed by atoms with Crippen LogP contribution in [-0.4, -0.2) is 42.4 Å². The standard InChI is InChI=1S/C25H30N2O4/c1-18-4-2-3-13-27(18)17-19-5-8-21(9-6-19)26-25(29)12-10-22(28)20-7-11-23-24(16-20)31-15-14-30-23/h5-9,11,16,18H,2-4,10,12-15,17H2,1H3,(H,26,29). The molecule has 2 aliphatic heterocycles. The highest BCUT2D eigenvalue weighted by Gasteiger charge is 2.18. The molecule has 164 valence electrons. The molecule has 6 heteroatoms. The second-order valence-electron chi connectivity index (χ2n) is 8.34. The Labute approximate surface area is 183 Å². The number of Topliss-reactive ketones (excluding diaryl/α,β-unsaturated/α-hetero) is 1. The first kappa shape index (κ1) is 21.4. The van der Waals surface area contributed by atoms with Crippen LogP contribution in [0, 0.1) is 0 Å². The molecular formula is C25H30N2O4. The van der Waals surface area contributed by atoms with Crippen LogP contribution >= 0.6 is 0 Å². The van der Waals surface area contributed by atoms with Gasteiger partial charge in [0.25, 0.3) is 0 Å². The Bertz CT molecular complexity index is 926.